The van der Waals surface area contributed by atoms with Gasteiger partial charge in [0, 0.05) is 0 Å². The second-order valence-electron chi connectivity index (χ2n) is 6.79. The van der Waals surface area contributed by atoms with Gasteiger partial charge in [0.1, 0.15) is 0 Å². The molecule has 2 N–H and O–H groups in total. The highest BCUT2D eigenvalue weighted by Crippen LogP contribution is 2.13. The molecule has 1 aromatic carbocycles. The average Bonchev–Trinajstić information content (AvgIpc) is 2.38. The van der Waals surface area contributed by atoms with Crippen molar-refractivity contribution < 1.29 is 13.3 Å². The number of aryl methyl sites for hydroxylation is 1. The maximum absolute atomic E-state index is 12.5. The topological polar surface area (TPSA) is 50.6 Å². The molecule has 4 nitrogen and oxygen atoms in total. The summed E-state index contributed by atoms with van der Waals surface area (Å²) < 4.78 is 27.8. The van der Waals surface area contributed by atoms with Crippen LogP contribution in [0.4, 0.5) is 0 Å². The second kappa shape index (κ2) is 6.46. The van der Waals surface area contributed by atoms with E-state index >= 15 is 0 Å². The molecule has 0 saturated carbocycles. The quantitative estimate of drug-likeness (QED) is 0.856. The first-order valence-corrected chi connectivity index (χ1v) is 9.21. The van der Waals surface area contributed by atoms with Crippen molar-refractivity contribution in [3.05, 3.63) is 29.8 Å². The maximum Gasteiger partial charge on any atom is 0.241 e. The van der Waals surface area contributed by atoms with Gasteiger partial charge in [-0.2, -0.15) is 4.72 Å². The zero-order chi connectivity index (χ0) is 15.5. The van der Waals surface area contributed by atoms with E-state index in [-0.39, 0.29) is 0 Å². The molecule has 0 atom stereocenters. The smallest absolute Gasteiger partial charge is 0.241 e. The minimum atomic E-state index is -3.45. The van der Waals surface area contributed by atoms with Gasteiger partial charge in [-0.25, -0.2) is 8.42 Å². The highest BCUT2D eigenvalue weighted by molar-refractivity contribution is 7.89. The zero-order valence-corrected chi connectivity index (χ0v) is 14.1. The van der Waals surface area contributed by atoms with E-state index in [4.69, 9.17) is 0 Å². The lowest BCUT2D eigenvalue weighted by atomic mass is 10.0. The number of benzene rings is 1. The van der Waals surface area contributed by atoms with E-state index in [9.17, 15) is 8.42 Å². The summed E-state index contributed by atoms with van der Waals surface area (Å²) in [5.41, 5.74) is 0.627. The minimum absolute atomic E-state index is 0.342. The Kier molecular flexibility index (Phi) is 5.07. The summed E-state index contributed by atoms with van der Waals surface area (Å²) >= 11 is 0. The molecule has 1 aliphatic rings. The molecule has 1 fully saturated rings. The normalized spacial score (nSPS) is 17.9. The van der Waals surface area contributed by atoms with Crippen LogP contribution in [0.2, 0.25) is 0 Å². The Morgan fingerprint density at radius 2 is 1.67 bits per heavy atom. The molecular weight excluding hydrogens is 284 g/mol. The molecule has 1 saturated heterocycles. The van der Waals surface area contributed by atoms with Crippen molar-refractivity contribution in [3.8, 4) is 0 Å². The van der Waals surface area contributed by atoms with Gasteiger partial charge in [-0.3, -0.25) is 0 Å². The van der Waals surface area contributed by atoms with Gasteiger partial charge in [-0.15, -0.1) is 0 Å². The summed E-state index contributed by atoms with van der Waals surface area (Å²) in [6.07, 6.45) is 3.80. The third-order valence-electron chi connectivity index (χ3n) is 3.99. The zero-order valence-electron chi connectivity index (χ0n) is 13.3. The number of likely N-dealkylation sites (tertiary alicyclic amines) is 1. The summed E-state index contributed by atoms with van der Waals surface area (Å²) in [5, 5.41) is 0. The Bertz CT molecular complexity index is 558. The first-order valence-electron chi connectivity index (χ1n) is 7.73. The third kappa shape index (κ3) is 4.80. The van der Waals surface area contributed by atoms with Crippen molar-refractivity contribution in [2.24, 2.45) is 0 Å². The standard InChI is InChI=1S/C16H26N2O2S/c1-14-7-9-15(10-8-14)21(19,20)17-16(2,3)13-18-11-5-4-6-12-18/h7-10,17H,4-6,11-13H2,1-3H3/p+1. The van der Waals surface area contributed by atoms with Crippen LogP contribution < -0.4 is 9.62 Å². The van der Waals surface area contributed by atoms with E-state index in [1.807, 2.05) is 32.9 Å². The molecule has 2 rings (SSSR count). The summed E-state index contributed by atoms with van der Waals surface area (Å²) in [7, 11) is -3.45. The van der Waals surface area contributed by atoms with E-state index in [0.29, 0.717) is 4.90 Å². The van der Waals surface area contributed by atoms with Crippen LogP contribution in [0, 0.1) is 6.92 Å². The first kappa shape index (κ1) is 16.5. The second-order valence-corrected chi connectivity index (χ2v) is 8.47. The predicted molar refractivity (Wildman–Crippen MR) is 85.0 cm³/mol. The SMILES string of the molecule is Cc1ccc(S(=O)(=O)NC(C)(C)C[NH+]2CCCCC2)cc1. The summed E-state index contributed by atoms with van der Waals surface area (Å²) in [4.78, 5) is 1.84. The van der Waals surface area contributed by atoms with Gasteiger partial charge >= 0.3 is 0 Å². The molecule has 5 heteroatoms. The molecule has 1 heterocycles. The van der Waals surface area contributed by atoms with E-state index in [1.165, 1.54) is 24.2 Å². The fraction of sp³-hybridized carbons (Fsp3) is 0.625. The summed E-state index contributed by atoms with van der Waals surface area (Å²) in [6, 6.07) is 7.00. The number of quaternary nitrogens is 1. The average molecular weight is 311 g/mol. The molecular formula is C16H27N2O2S+. The maximum atomic E-state index is 12.5. The fourth-order valence-electron chi connectivity index (χ4n) is 3.03. The molecule has 0 aliphatic carbocycles. The van der Waals surface area contributed by atoms with Crippen molar-refractivity contribution in [2.45, 2.75) is 50.5 Å². The van der Waals surface area contributed by atoms with Gasteiger partial charge < -0.3 is 4.90 Å². The number of nitrogens with one attached hydrogen (secondary N) is 2. The van der Waals surface area contributed by atoms with Crippen molar-refractivity contribution in [3.63, 3.8) is 0 Å². The van der Waals surface area contributed by atoms with Crippen LogP contribution >= 0.6 is 0 Å². The molecule has 0 radical (unpaired) electrons. The van der Waals surface area contributed by atoms with Crippen LogP contribution in [0.25, 0.3) is 0 Å². The molecule has 0 bridgehead atoms. The van der Waals surface area contributed by atoms with Crippen LogP contribution in [0.15, 0.2) is 29.2 Å². The minimum Gasteiger partial charge on any atom is -0.333 e. The lowest BCUT2D eigenvalue weighted by Crippen LogP contribution is -3.14. The van der Waals surface area contributed by atoms with E-state index in [1.54, 1.807) is 12.1 Å². The molecule has 21 heavy (non-hydrogen) atoms. The van der Waals surface area contributed by atoms with Crippen LogP contribution in [0.1, 0.15) is 38.7 Å². The van der Waals surface area contributed by atoms with Gasteiger partial charge in [0.05, 0.1) is 30.1 Å². The molecule has 1 aliphatic heterocycles. The van der Waals surface area contributed by atoms with E-state index in [0.717, 1.165) is 25.2 Å². The van der Waals surface area contributed by atoms with Crippen molar-refractivity contribution in [1.82, 2.24) is 4.72 Å². The number of hydrogen-bond acceptors (Lipinski definition) is 2. The van der Waals surface area contributed by atoms with Crippen LogP contribution in [0.5, 0.6) is 0 Å². The summed E-state index contributed by atoms with van der Waals surface area (Å²) in [5.74, 6) is 0. The number of piperidine rings is 1. The van der Waals surface area contributed by atoms with Crippen LogP contribution in [0.3, 0.4) is 0 Å². The van der Waals surface area contributed by atoms with E-state index < -0.39 is 15.6 Å². The van der Waals surface area contributed by atoms with Crippen molar-refractivity contribution >= 4 is 10.0 Å². The Morgan fingerprint density at radius 3 is 2.24 bits per heavy atom. The van der Waals surface area contributed by atoms with Gasteiger partial charge in [-0.1, -0.05) is 17.7 Å². The Hall–Kier alpha value is -0.910. The lowest BCUT2D eigenvalue weighted by Gasteiger charge is -2.32. The highest BCUT2D eigenvalue weighted by Gasteiger charge is 2.31. The van der Waals surface area contributed by atoms with Gasteiger partial charge in [-0.05, 0) is 52.2 Å². The van der Waals surface area contributed by atoms with Crippen molar-refractivity contribution in [1.29, 1.82) is 0 Å². The summed E-state index contributed by atoms with van der Waals surface area (Å²) in [6.45, 7) is 9.03. The van der Waals surface area contributed by atoms with Crippen molar-refractivity contribution in [2.75, 3.05) is 19.6 Å². The molecule has 0 amide bonds. The van der Waals surface area contributed by atoms with Crippen LogP contribution in [-0.4, -0.2) is 33.6 Å². The number of sulfonamides is 1. The predicted octanol–water partition coefficient (Wildman–Crippen LogP) is 1.12. The van der Waals surface area contributed by atoms with Gasteiger partial charge in [0.2, 0.25) is 10.0 Å². The van der Waals surface area contributed by atoms with Gasteiger partial charge in [0.25, 0.3) is 0 Å². The van der Waals surface area contributed by atoms with Gasteiger partial charge in [0.15, 0.2) is 0 Å². The first-order chi connectivity index (χ1) is 9.78. The van der Waals surface area contributed by atoms with E-state index in [2.05, 4.69) is 4.72 Å². The van der Waals surface area contributed by atoms with Crippen LogP contribution in [-0.2, 0) is 10.0 Å². The highest BCUT2D eigenvalue weighted by atomic mass is 32.2. The fourth-order valence-corrected chi connectivity index (χ4v) is 4.44. The Labute approximate surface area is 128 Å². The largest absolute Gasteiger partial charge is 0.333 e. The molecule has 0 unspecified atom stereocenters. The molecule has 118 valence electrons. The molecule has 1 aromatic rings. The number of rotatable bonds is 5. The third-order valence-corrected chi connectivity index (χ3v) is 5.71. The lowest BCUT2D eigenvalue weighted by molar-refractivity contribution is -0.908. The molecule has 0 spiro atoms. The Morgan fingerprint density at radius 1 is 1.10 bits per heavy atom. The number of hydrogen-bond donors (Lipinski definition) is 2. The monoisotopic (exact) mass is 311 g/mol. The Balaban J connectivity index is 2.05. The molecule has 0 aromatic heterocycles.